The standard InChI is InChI=1S/C14H13F2NO2/c1-8(13-11(18)6-3-7-12(13)19)17-14-9(15)4-2-5-10(14)16/h2-8,17-19H,1H3. The Labute approximate surface area is 109 Å². The largest absolute Gasteiger partial charge is 0.507 e. The molecule has 0 spiro atoms. The normalized spacial score (nSPS) is 12.2. The third-order valence-electron chi connectivity index (χ3n) is 2.82. The molecule has 0 aliphatic heterocycles. The summed E-state index contributed by atoms with van der Waals surface area (Å²) in [7, 11) is 0. The first-order chi connectivity index (χ1) is 9.00. The van der Waals surface area contributed by atoms with E-state index in [4.69, 9.17) is 0 Å². The molecule has 0 saturated heterocycles. The first kappa shape index (κ1) is 13.1. The van der Waals surface area contributed by atoms with Crippen molar-refractivity contribution in [1.82, 2.24) is 0 Å². The maximum Gasteiger partial charge on any atom is 0.149 e. The van der Waals surface area contributed by atoms with Crippen LogP contribution in [-0.4, -0.2) is 10.2 Å². The Morgan fingerprint density at radius 1 is 0.947 bits per heavy atom. The van der Waals surface area contributed by atoms with Gasteiger partial charge in [0.2, 0.25) is 0 Å². The van der Waals surface area contributed by atoms with Crippen LogP contribution in [0.4, 0.5) is 14.5 Å². The second-order valence-electron chi connectivity index (χ2n) is 4.17. The highest BCUT2D eigenvalue weighted by molar-refractivity contribution is 5.52. The van der Waals surface area contributed by atoms with Crippen molar-refractivity contribution in [2.45, 2.75) is 13.0 Å². The average molecular weight is 265 g/mol. The summed E-state index contributed by atoms with van der Waals surface area (Å²) >= 11 is 0. The number of benzene rings is 2. The second kappa shape index (κ2) is 5.14. The molecule has 1 unspecified atom stereocenters. The smallest absolute Gasteiger partial charge is 0.149 e. The van der Waals surface area contributed by atoms with E-state index < -0.39 is 17.7 Å². The zero-order valence-corrected chi connectivity index (χ0v) is 10.2. The molecule has 0 fully saturated rings. The molecule has 0 amide bonds. The summed E-state index contributed by atoms with van der Waals surface area (Å²) in [6, 6.07) is 7.12. The zero-order chi connectivity index (χ0) is 14.0. The lowest BCUT2D eigenvalue weighted by Crippen LogP contribution is -2.10. The third-order valence-corrected chi connectivity index (χ3v) is 2.82. The Morgan fingerprint density at radius 2 is 1.42 bits per heavy atom. The topological polar surface area (TPSA) is 52.5 Å². The Hall–Kier alpha value is -2.30. The first-order valence-corrected chi connectivity index (χ1v) is 5.72. The number of aromatic hydroxyl groups is 2. The van der Waals surface area contributed by atoms with E-state index in [1.165, 1.54) is 24.3 Å². The van der Waals surface area contributed by atoms with Crippen molar-refractivity contribution in [1.29, 1.82) is 0 Å². The molecule has 0 aromatic heterocycles. The van der Waals surface area contributed by atoms with Gasteiger partial charge in [0, 0.05) is 0 Å². The molecule has 19 heavy (non-hydrogen) atoms. The van der Waals surface area contributed by atoms with Gasteiger partial charge < -0.3 is 15.5 Å². The predicted octanol–water partition coefficient (Wildman–Crippen LogP) is 3.55. The molecule has 0 radical (unpaired) electrons. The predicted molar refractivity (Wildman–Crippen MR) is 68.2 cm³/mol. The molecular formula is C14H13F2NO2. The number of hydrogen-bond donors (Lipinski definition) is 3. The summed E-state index contributed by atoms with van der Waals surface area (Å²) in [4.78, 5) is 0. The van der Waals surface area contributed by atoms with Crippen molar-refractivity contribution in [3.05, 3.63) is 53.6 Å². The van der Waals surface area contributed by atoms with E-state index in [-0.39, 0.29) is 22.7 Å². The first-order valence-electron chi connectivity index (χ1n) is 5.72. The van der Waals surface area contributed by atoms with Gasteiger partial charge in [-0.25, -0.2) is 8.78 Å². The maximum atomic E-state index is 13.5. The van der Waals surface area contributed by atoms with Gasteiger partial charge in [0.25, 0.3) is 0 Å². The summed E-state index contributed by atoms with van der Waals surface area (Å²) in [5, 5.41) is 22.0. The van der Waals surface area contributed by atoms with Gasteiger partial charge in [-0.3, -0.25) is 0 Å². The molecule has 3 nitrogen and oxygen atoms in total. The Balaban J connectivity index is 2.34. The van der Waals surface area contributed by atoms with Crippen molar-refractivity contribution in [2.24, 2.45) is 0 Å². The monoisotopic (exact) mass is 265 g/mol. The Morgan fingerprint density at radius 3 is 1.95 bits per heavy atom. The van der Waals surface area contributed by atoms with Crippen LogP contribution in [-0.2, 0) is 0 Å². The van der Waals surface area contributed by atoms with E-state index >= 15 is 0 Å². The number of para-hydroxylation sites is 1. The van der Waals surface area contributed by atoms with E-state index in [1.54, 1.807) is 6.92 Å². The fourth-order valence-electron chi connectivity index (χ4n) is 1.91. The molecule has 0 bridgehead atoms. The molecule has 2 aromatic carbocycles. The summed E-state index contributed by atoms with van der Waals surface area (Å²) in [5.41, 5.74) is -0.109. The molecular weight excluding hydrogens is 252 g/mol. The van der Waals surface area contributed by atoms with E-state index in [0.29, 0.717) is 0 Å². The van der Waals surface area contributed by atoms with Crippen LogP contribution in [0.3, 0.4) is 0 Å². The minimum Gasteiger partial charge on any atom is -0.507 e. The molecule has 0 heterocycles. The molecule has 0 saturated carbocycles. The van der Waals surface area contributed by atoms with E-state index in [1.807, 2.05) is 0 Å². The van der Waals surface area contributed by atoms with Crippen molar-refractivity contribution in [2.75, 3.05) is 5.32 Å². The fourth-order valence-corrected chi connectivity index (χ4v) is 1.91. The highest BCUT2D eigenvalue weighted by atomic mass is 19.1. The van der Waals surface area contributed by atoms with Gasteiger partial charge in [-0.15, -0.1) is 0 Å². The van der Waals surface area contributed by atoms with Crippen molar-refractivity contribution in [3.8, 4) is 11.5 Å². The number of hydrogen-bond acceptors (Lipinski definition) is 3. The van der Waals surface area contributed by atoms with Crippen molar-refractivity contribution in [3.63, 3.8) is 0 Å². The molecule has 2 rings (SSSR count). The van der Waals surface area contributed by atoms with E-state index in [9.17, 15) is 19.0 Å². The van der Waals surface area contributed by atoms with E-state index in [0.717, 1.165) is 12.1 Å². The molecule has 100 valence electrons. The van der Waals surface area contributed by atoms with Gasteiger partial charge in [-0.05, 0) is 31.2 Å². The number of nitrogens with one attached hydrogen (secondary N) is 1. The molecule has 3 N–H and O–H groups in total. The number of phenols is 2. The van der Waals surface area contributed by atoms with Crippen LogP contribution >= 0.6 is 0 Å². The van der Waals surface area contributed by atoms with Crippen LogP contribution in [0.15, 0.2) is 36.4 Å². The van der Waals surface area contributed by atoms with E-state index in [2.05, 4.69) is 5.32 Å². The maximum absolute atomic E-state index is 13.5. The Bertz CT molecular complexity index is 561. The van der Waals surface area contributed by atoms with Gasteiger partial charge in [0.05, 0.1) is 11.6 Å². The van der Waals surface area contributed by atoms with Gasteiger partial charge in [-0.1, -0.05) is 12.1 Å². The lowest BCUT2D eigenvalue weighted by Gasteiger charge is -2.18. The fraction of sp³-hybridized carbons (Fsp3) is 0.143. The summed E-state index contributed by atoms with van der Waals surface area (Å²) in [5.74, 6) is -1.75. The van der Waals surface area contributed by atoms with Crippen LogP contribution in [0, 0.1) is 11.6 Å². The minimum atomic E-state index is -0.734. The lowest BCUT2D eigenvalue weighted by atomic mass is 10.1. The average Bonchev–Trinajstić information content (AvgIpc) is 2.34. The molecule has 0 aliphatic rings. The van der Waals surface area contributed by atoms with Gasteiger partial charge in [-0.2, -0.15) is 0 Å². The highest BCUT2D eigenvalue weighted by Gasteiger charge is 2.18. The number of rotatable bonds is 3. The number of anilines is 1. The summed E-state index contributed by atoms with van der Waals surface area (Å²) < 4.78 is 27.0. The van der Waals surface area contributed by atoms with Crippen molar-refractivity contribution >= 4 is 5.69 Å². The van der Waals surface area contributed by atoms with Gasteiger partial charge >= 0.3 is 0 Å². The minimum absolute atomic E-state index is 0.142. The highest BCUT2D eigenvalue weighted by Crippen LogP contribution is 2.34. The molecule has 2 aromatic rings. The second-order valence-corrected chi connectivity index (χ2v) is 4.17. The number of phenolic OH excluding ortho intramolecular Hbond substituents is 2. The lowest BCUT2D eigenvalue weighted by molar-refractivity contribution is 0.433. The zero-order valence-electron chi connectivity index (χ0n) is 10.2. The quantitative estimate of drug-likeness (QED) is 0.795. The third kappa shape index (κ3) is 2.59. The van der Waals surface area contributed by atoms with Gasteiger partial charge in [0.1, 0.15) is 28.8 Å². The molecule has 0 aliphatic carbocycles. The van der Waals surface area contributed by atoms with Crippen LogP contribution < -0.4 is 5.32 Å². The van der Waals surface area contributed by atoms with Crippen LogP contribution in [0.2, 0.25) is 0 Å². The van der Waals surface area contributed by atoms with Gasteiger partial charge in [0.15, 0.2) is 0 Å². The molecule has 5 heteroatoms. The SMILES string of the molecule is CC(Nc1c(F)cccc1F)c1c(O)cccc1O. The van der Waals surface area contributed by atoms with Crippen LogP contribution in [0.25, 0.3) is 0 Å². The van der Waals surface area contributed by atoms with Crippen LogP contribution in [0.5, 0.6) is 11.5 Å². The van der Waals surface area contributed by atoms with Crippen molar-refractivity contribution < 1.29 is 19.0 Å². The number of halogens is 2. The molecule has 1 atom stereocenters. The Kier molecular flexibility index (Phi) is 3.55. The van der Waals surface area contributed by atoms with Crippen LogP contribution in [0.1, 0.15) is 18.5 Å². The summed E-state index contributed by atoms with van der Waals surface area (Å²) in [6.07, 6.45) is 0. The summed E-state index contributed by atoms with van der Waals surface area (Å²) in [6.45, 7) is 1.58.